The number of anilines is 1. The Kier molecular flexibility index (Phi) is 4.55. The molecular formula is C13H19BrN4O3. The van der Waals surface area contributed by atoms with Gasteiger partial charge in [-0.1, -0.05) is 15.9 Å². The predicted molar refractivity (Wildman–Crippen MR) is 81.5 cm³/mol. The van der Waals surface area contributed by atoms with Crippen LogP contribution in [0.15, 0.2) is 12.3 Å². The first kappa shape index (κ1) is 15.8. The smallest absolute Gasteiger partial charge is 0.410 e. The third kappa shape index (κ3) is 3.96. The van der Waals surface area contributed by atoms with Gasteiger partial charge in [-0.2, -0.15) is 5.10 Å². The van der Waals surface area contributed by atoms with Gasteiger partial charge in [0.15, 0.2) is 0 Å². The van der Waals surface area contributed by atoms with E-state index in [2.05, 4.69) is 26.3 Å². The predicted octanol–water partition coefficient (Wildman–Crippen LogP) is 2.01. The molecule has 1 aromatic rings. The van der Waals surface area contributed by atoms with Crippen LogP contribution >= 0.6 is 15.9 Å². The summed E-state index contributed by atoms with van der Waals surface area (Å²) >= 11 is 3.10. The standard InChI is InChI=1S/C13H19BrN4O3/c1-13(2,3)21-12(20)17-7-9(8-17)18-10(4-5-15-18)16-11(19)6-14/h4-5,9H,6-8H2,1-3H3,(H,16,19). The van der Waals surface area contributed by atoms with Gasteiger partial charge in [0, 0.05) is 19.2 Å². The van der Waals surface area contributed by atoms with Gasteiger partial charge in [0.1, 0.15) is 11.4 Å². The first-order valence-corrected chi connectivity index (χ1v) is 7.79. The molecular weight excluding hydrogens is 340 g/mol. The third-order valence-electron chi connectivity index (χ3n) is 2.92. The van der Waals surface area contributed by atoms with Crippen molar-refractivity contribution in [1.29, 1.82) is 0 Å². The molecule has 0 saturated carbocycles. The molecule has 0 spiro atoms. The molecule has 2 rings (SSSR count). The van der Waals surface area contributed by atoms with Crippen molar-refractivity contribution in [2.75, 3.05) is 23.7 Å². The van der Waals surface area contributed by atoms with Crippen LogP contribution in [0.2, 0.25) is 0 Å². The molecule has 0 aromatic carbocycles. The molecule has 0 aliphatic carbocycles. The Morgan fingerprint density at radius 1 is 1.48 bits per heavy atom. The lowest BCUT2D eigenvalue weighted by molar-refractivity contribution is -0.113. The fourth-order valence-corrected chi connectivity index (χ4v) is 2.11. The zero-order chi connectivity index (χ0) is 15.6. The SMILES string of the molecule is CC(C)(C)OC(=O)N1CC(n2nccc2NC(=O)CBr)C1. The van der Waals surface area contributed by atoms with Gasteiger partial charge in [-0.15, -0.1) is 0 Å². The van der Waals surface area contributed by atoms with Crippen molar-refractivity contribution in [3.8, 4) is 0 Å². The molecule has 2 heterocycles. The van der Waals surface area contributed by atoms with E-state index in [0.717, 1.165) is 0 Å². The number of aromatic nitrogens is 2. The summed E-state index contributed by atoms with van der Waals surface area (Å²) in [4.78, 5) is 24.9. The molecule has 2 amide bonds. The van der Waals surface area contributed by atoms with Crippen molar-refractivity contribution in [3.05, 3.63) is 12.3 Å². The second-order valence-electron chi connectivity index (χ2n) is 5.88. The first-order chi connectivity index (χ1) is 9.80. The van der Waals surface area contributed by atoms with Gasteiger partial charge >= 0.3 is 6.09 Å². The Morgan fingerprint density at radius 2 is 2.14 bits per heavy atom. The summed E-state index contributed by atoms with van der Waals surface area (Å²) in [6, 6.07) is 1.79. The minimum atomic E-state index is -0.497. The second-order valence-corrected chi connectivity index (χ2v) is 6.44. The van der Waals surface area contributed by atoms with Gasteiger partial charge in [0.25, 0.3) is 0 Å². The Labute approximate surface area is 131 Å². The Balaban J connectivity index is 1.92. The quantitative estimate of drug-likeness (QED) is 0.838. The van der Waals surface area contributed by atoms with E-state index >= 15 is 0 Å². The zero-order valence-corrected chi connectivity index (χ0v) is 13.9. The van der Waals surface area contributed by atoms with E-state index in [1.165, 1.54) is 0 Å². The lowest BCUT2D eigenvalue weighted by Crippen LogP contribution is -2.52. The van der Waals surface area contributed by atoms with Crippen LogP contribution < -0.4 is 5.32 Å². The largest absolute Gasteiger partial charge is 0.444 e. The zero-order valence-electron chi connectivity index (χ0n) is 12.3. The number of ether oxygens (including phenoxy) is 1. The number of nitrogens with zero attached hydrogens (tertiary/aromatic N) is 3. The topological polar surface area (TPSA) is 76.5 Å². The van der Waals surface area contributed by atoms with Crippen LogP contribution in [-0.4, -0.2) is 50.7 Å². The van der Waals surface area contributed by atoms with Crippen LogP contribution in [0.1, 0.15) is 26.8 Å². The van der Waals surface area contributed by atoms with Gasteiger partial charge in [-0.25, -0.2) is 9.48 Å². The molecule has 1 aliphatic rings. The van der Waals surface area contributed by atoms with Crippen LogP contribution in [0, 0.1) is 0 Å². The summed E-state index contributed by atoms with van der Waals surface area (Å²) in [6.45, 7) is 6.55. The molecule has 1 aromatic heterocycles. The van der Waals surface area contributed by atoms with E-state index in [9.17, 15) is 9.59 Å². The second kappa shape index (κ2) is 6.05. The minimum Gasteiger partial charge on any atom is -0.444 e. The van der Waals surface area contributed by atoms with Gasteiger partial charge in [0.05, 0.1) is 17.6 Å². The number of likely N-dealkylation sites (tertiary alicyclic amines) is 1. The average Bonchev–Trinajstić information content (AvgIpc) is 2.72. The van der Waals surface area contributed by atoms with Crippen LogP contribution in [0.25, 0.3) is 0 Å². The third-order valence-corrected chi connectivity index (χ3v) is 3.43. The maximum atomic E-state index is 11.9. The monoisotopic (exact) mass is 358 g/mol. The lowest BCUT2D eigenvalue weighted by atomic mass is 10.1. The van der Waals surface area contributed by atoms with E-state index < -0.39 is 5.60 Å². The normalized spacial score (nSPS) is 15.5. The molecule has 1 aliphatic heterocycles. The molecule has 21 heavy (non-hydrogen) atoms. The summed E-state index contributed by atoms with van der Waals surface area (Å²) < 4.78 is 7.02. The van der Waals surface area contributed by atoms with Crippen LogP contribution in [0.3, 0.4) is 0 Å². The molecule has 8 heteroatoms. The number of rotatable bonds is 3. The molecule has 1 N–H and O–H groups in total. The van der Waals surface area contributed by atoms with Crippen molar-refractivity contribution >= 4 is 33.7 Å². The number of nitrogens with one attached hydrogen (secondary N) is 1. The molecule has 1 saturated heterocycles. The lowest BCUT2D eigenvalue weighted by Gasteiger charge is -2.40. The number of alkyl halides is 1. The van der Waals surface area contributed by atoms with Crippen molar-refractivity contribution in [2.45, 2.75) is 32.4 Å². The summed E-state index contributed by atoms with van der Waals surface area (Å²) in [5.74, 6) is 0.494. The van der Waals surface area contributed by atoms with Gasteiger partial charge in [-0.3, -0.25) is 4.79 Å². The van der Waals surface area contributed by atoms with E-state index in [-0.39, 0.29) is 23.4 Å². The molecule has 1 fully saturated rings. The highest BCUT2D eigenvalue weighted by atomic mass is 79.9. The van der Waals surface area contributed by atoms with Gasteiger partial charge in [-0.05, 0) is 20.8 Å². The van der Waals surface area contributed by atoms with Crippen molar-refractivity contribution in [2.24, 2.45) is 0 Å². The number of carbonyl (C=O) groups excluding carboxylic acids is 2. The van der Waals surface area contributed by atoms with E-state index in [1.54, 1.807) is 21.8 Å². The van der Waals surface area contributed by atoms with Crippen molar-refractivity contribution in [3.63, 3.8) is 0 Å². The van der Waals surface area contributed by atoms with Gasteiger partial charge in [0.2, 0.25) is 5.91 Å². The van der Waals surface area contributed by atoms with E-state index in [0.29, 0.717) is 18.9 Å². The average molecular weight is 359 g/mol. The summed E-state index contributed by atoms with van der Waals surface area (Å²) in [6.07, 6.45) is 1.30. The molecule has 0 unspecified atom stereocenters. The summed E-state index contributed by atoms with van der Waals surface area (Å²) in [5, 5.41) is 7.18. The molecule has 0 radical (unpaired) electrons. The maximum Gasteiger partial charge on any atom is 0.410 e. The summed E-state index contributed by atoms with van der Waals surface area (Å²) in [7, 11) is 0. The number of hydrogen-bond acceptors (Lipinski definition) is 4. The van der Waals surface area contributed by atoms with Crippen molar-refractivity contribution < 1.29 is 14.3 Å². The minimum absolute atomic E-state index is 0.0538. The van der Waals surface area contributed by atoms with Crippen molar-refractivity contribution in [1.82, 2.24) is 14.7 Å². The van der Waals surface area contributed by atoms with Crippen LogP contribution in [0.5, 0.6) is 0 Å². The van der Waals surface area contributed by atoms with Gasteiger partial charge < -0.3 is 15.0 Å². The molecule has 7 nitrogen and oxygen atoms in total. The fourth-order valence-electron chi connectivity index (χ4n) is 1.97. The van der Waals surface area contributed by atoms with Crippen LogP contribution in [0.4, 0.5) is 10.6 Å². The first-order valence-electron chi connectivity index (χ1n) is 6.67. The van der Waals surface area contributed by atoms with E-state index in [4.69, 9.17) is 4.74 Å². The van der Waals surface area contributed by atoms with E-state index in [1.807, 2.05) is 20.8 Å². The Bertz CT molecular complexity index is 532. The highest BCUT2D eigenvalue weighted by Crippen LogP contribution is 2.26. The number of carbonyl (C=O) groups is 2. The highest BCUT2D eigenvalue weighted by molar-refractivity contribution is 9.09. The molecule has 116 valence electrons. The fraction of sp³-hybridized carbons (Fsp3) is 0.615. The molecule has 0 atom stereocenters. The molecule has 0 bridgehead atoms. The van der Waals surface area contributed by atoms with Crippen LogP contribution in [-0.2, 0) is 9.53 Å². The number of halogens is 1. The Morgan fingerprint density at radius 3 is 2.71 bits per heavy atom. The highest BCUT2D eigenvalue weighted by Gasteiger charge is 2.36. The number of hydrogen-bond donors (Lipinski definition) is 1. The Hall–Kier alpha value is -1.57. The number of amides is 2. The maximum absolute atomic E-state index is 11.9. The summed E-state index contributed by atoms with van der Waals surface area (Å²) in [5.41, 5.74) is -0.497.